The number of ether oxygens (including phenoxy) is 1. The number of hydrazone groups is 1. The average Bonchev–Trinajstić information content (AvgIpc) is 3.27. The van der Waals surface area contributed by atoms with Crippen LogP contribution in [0.5, 0.6) is 5.75 Å². The molecular weight excluding hydrogens is 350 g/mol. The van der Waals surface area contributed by atoms with Crippen molar-refractivity contribution in [3.05, 3.63) is 65.3 Å². The van der Waals surface area contributed by atoms with Crippen LogP contribution in [0.3, 0.4) is 0 Å². The van der Waals surface area contributed by atoms with E-state index in [0.717, 1.165) is 34.7 Å². The van der Waals surface area contributed by atoms with Crippen molar-refractivity contribution in [3.63, 3.8) is 0 Å². The van der Waals surface area contributed by atoms with Crippen molar-refractivity contribution in [1.82, 2.24) is 20.1 Å². The van der Waals surface area contributed by atoms with Crippen molar-refractivity contribution in [1.29, 1.82) is 0 Å². The lowest BCUT2D eigenvalue weighted by atomic mass is 10.1. The Hall–Kier alpha value is -3.02. The lowest BCUT2D eigenvalue weighted by Gasteiger charge is -2.23. The van der Waals surface area contributed by atoms with Gasteiger partial charge in [0.15, 0.2) is 0 Å². The van der Waals surface area contributed by atoms with E-state index in [4.69, 9.17) is 9.84 Å². The molecule has 0 fully saturated rings. The number of para-hydroxylation sites is 1. The topological polar surface area (TPSA) is 54.7 Å². The van der Waals surface area contributed by atoms with Gasteiger partial charge in [0.2, 0.25) is 0 Å². The second kappa shape index (κ2) is 8.78. The van der Waals surface area contributed by atoms with Crippen LogP contribution in [0.1, 0.15) is 38.3 Å². The smallest absolute Gasteiger partial charge is 0.126 e. The summed E-state index contributed by atoms with van der Waals surface area (Å²) < 4.78 is 7.30. The van der Waals surface area contributed by atoms with E-state index in [9.17, 15) is 0 Å². The molecule has 0 amide bonds. The highest BCUT2D eigenvalue weighted by molar-refractivity contribution is 5.86. The Kier molecular flexibility index (Phi) is 6.19. The minimum atomic E-state index is 0.294. The first kappa shape index (κ1) is 19.7. The molecule has 1 N–H and O–H groups in total. The SMILES string of the molecule is COc1ccccc1/C=C/C(NCc1cnn(C)c1)=C1\CC(C)=NN1C(C)C. The summed E-state index contributed by atoms with van der Waals surface area (Å²) in [5, 5.41) is 14.7. The standard InChI is InChI=1S/C22H29N5O/c1-16(2)27-21(12-17(3)25-27)20(23-13-18-14-24-26(4)15-18)11-10-19-8-6-7-9-22(19)28-5/h6-11,14-16,23H,12-13H2,1-5H3/b11-10+,21-20-. The van der Waals surface area contributed by atoms with Crippen LogP contribution in [0, 0.1) is 0 Å². The van der Waals surface area contributed by atoms with E-state index in [-0.39, 0.29) is 0 Å². The number of aromatic nitrogens is 2. The lowest BCUT2D eigenvalue weighted by molar-refractivity contribution is 0.306. The summed E-state index contributed by atoms with van der Waals surface area (Å²) in [6.45, 7) is 7.09. The molecule has 0 spiro atoms. The van der Waals surface area contributed by atoms with Gasteiger partial charge in [-0.15, -0.1) is 0 Å². The van der Waals surface area contributed by atoms with Gasteiger partial charge in [-0.1, -0.05) is 18.2 Å². The zero-order valence-electron chi connectivity index (χ0n) is 17.3. The average molecular weight is 380 g/mol. The summed E-state index contributed by atoms with van der Waals surface area (Å²) in [7, 11) is 3.63. The van der Waals surface area contributed by atoms with Gasteiger partial charge < -0.3 is 10.1 Å². The maximum Gasteiger partial charge on any atom is 0.126 e. The Balaban J connectivity index is 1.92. The molecule has 28 heavy (non-hydrogen) atoms. The normalized spacial score (nSPS) is 16.1. The number of methoxy groups -OCH3 is 1. The molecule has 6 nitrogen and oxygen atoms in total. The summed E-state index contributed by atoms with van der Waals surface area (Å²) in [6.07, 6.45) is 8.95. The van der Waals surface area contributed by atoms with Crippen molar-refractivity contribution in [2.75, 3.05) is 7.11 Å². The molecule has 0 unspecified atom stereocenters. The van der Waals surface area contributed by atoms with Gasteiger partial charge in [-0.25, -0.2) is 0 Å². The minimum absolute atomic E-state index is 0.294. The zero-order valence-corrected chi connectivity index (χ0v) is 17.3. The van der Waals surface area contributed by atoms with E-state index in [0.29, 0.717) is 12.6 Å². The van der Waals surface area contributed by atoms with E-state index >= 15 is 0 Å². The number of allylic oxidation sites excluding steroid dienone is 2. The van der Waals surface area contributed by atoms with Gasteiger partial charge in [-0.2, -0.15) is 10.2 Å². The monoisotopic (exact) mass is 379 g/mol. The van der Waals surface area contributed by atoms with E-state index < -0.39 is 0 Å². The number of benzene rings is 1. The van der Waals surface area contributed by atoms with Gasteiger partial charge in [-0.05, 0) is 39.0 Å². The molecule has 6 heteroatoms. The van der Waals surface area contributed by atoms with Crippen LogP contribution in [0.15, 0.2) is 59.2 Å². The molecule has 0 bridgehead atoms. The van der Waals surface area contributed by atoms with Crippen molar-refractivity contribution in [2.24, 2.45) is 12.1 Å². The Morgan fingerprint density at radius 2 is 2.11 bits per heavy atom. The van der Waals surface area contributed by atoms with Gasteiger partial charge in [0.25, 0.3) is 0 Å². The molecule has 0 saturated carbocycles. The first-order valence-electron chi connectivity index (χ1n) is 9.57. The molecule has 0 radical (unpaired) electrons. The maximum atomic E-state index is 5.48. The Labute approximate surface area is 167 Å². The molecule has 1 aromatic heterocycles. The van der Waals surface area contributed by atoms with Crippen LogP contribution in [0.2, 0.25) is 0 Å². The van der Waals surface area contributed by atoms with Crippen LogP contribution in [-0.4, -0.2) is 33.7 Å². The number of nitrogens with one attached hydrogen (secondary N) is 1. The second-order valence-electron chi connectivity index (χ2n) is 7.26. The lowest BCUT2D eigenvalue weighted by Crippen LogP contribution is -2.25. The molecule has 1 aliphatic heterocycles. The summed E-state index contributed by atoms with van der Waals surface area (Å²) in [5.41, 5.74) is 5.54. The molecule has 0 aliphatic carbocycles. The number of hydrogen-bond acceptors (Lipinski definition) is 5. The van der Waals surface area contributed by atoms with Crippen LogP contribution in [-0.2, 0) is 13.6 Å². The molecule has 0 saturated heterocycles. The number of hydrogen-bond donors (Lipinski definition) is 1. The Morgan fingerprint density at radius 1 is 1.32 bits per heavy atom. The molecule has 1 aliphatic rings. The molecule has 2 aromatic rings. The van der Waals surface area contributed by atoms with Gasteiger partial charge in [0.1, 0.15) is 5.75 Å². The van der Waals surface area contributed by atoms with Crippen molar-refractivity contribution in [2.45, 2.75) is 39.8 Å². The van der Waals surface area contributed by atoms with Crippen LogP contribution in [0.4, 0.5) is 0 Å². The van der Waals surface area contributed by atoms with Gasteiger partial charge in [0, 0.05) is 49.1 Å². The molecule has 1 aromatic carbocycles. The van der Waals surface area contributed by atoms with E-state index in [2.05, 4.69) is 54.4 Å². The molecular formula is C22H29N5O. The number of nitrogens with zero attached hydrogens (tertiary/aromatic N) is 4. The summed E-state index contributed by atoms with van der Waals surface area (Å²) in [5.74, 6) is 0.856. The fourth-order valence-corrected chi connectivity index (χ4v) is 3.24. The van der Waals surface area contributed by atoms with E-state index in [1.807, 2.05) is 42.3 Å². The zero-order chi connectivity index (χ0) is 20.1. The first-order valence-corrected chi connectivity index (χ1v) is 9.57. The first-order chi connectivity index (χ1) is 13.5. The molecule has 2 heterocycles. The van der Waals surface area contributed by atoms with Gasteiger partial charge in [-0.3, -0.25) is 9.69 Å². The van der Waals surface area contributed by atoms with Gasteiger partial charge >= 0.3 is 0 Å². The third-order valence-electron chi connectivity index (χ3n) is 4.59. The predicted octanol–water partition coefficient (Wildman–Crippen LogP) is 3.93. The third-order valence-corrected chi connectivity index (χ3v) is 4.59. The van der Waals surface area contributed by atoms with Crippen LogP contribution in [0.25, 0.3) is 6.08 Å². The highest BCUT2D eigenvalue weighted by atomic mass is 16.5. The minimum Gasteiger partial charge on any atom is -0.496 e. The molecule has 148 valence electrons. The van der Waals surface area contributed by atoms with Crippen LogP contribution >= 0.6 is 0 Å². The fourth-order valence-electron chi connectivity index (χ4n) is 3.24. The highest BCUT2D eigenvalue weighted by Gasteiger charge is 2.23. The van der Waals surface area contributed by atoms with Crippen LogP contribution < -0.4 is 10.1 Å². The van der Waals surface area contributed by atoms with Crippen molar-refractivity contribution < 1.29 is 4.74 Å². The summed E-state index contributed by atoms with van der Waals surface area (Å²) >= 11 is 0. The van der Waals surface area contributed by atoms with E-state index in [1.54, 1.807) is 7.11 Å². The Morgan fingerprint density at radius 3 is 2.79 bits per heavy atom. The molecule has 0 atom stereocenters. The number of aryl methyl sites for hydroxylation is 1. The molecule has 3 rings (SSSR count). The Bertz CT molecular complexity index is 907. The number of rotatable bonds is 7. The van der Waals surface area contributed by atoms with Gasteiger partial charge in [0.05, 0.1) is 24.7 Å². The van der Waals surface area contributed by atoms with Crippen molar-refractivity contribution >= 4 is 11.8 Å². The predicted molar refractivity (Wildman–Crippen MR) is 114 cm³/mol. The fraction of sp³-hybridized carbons (Fsp3) is 0.364. The quantitative estimate of drug-likeness (QED) is 0.792. The second-order valence-corrected chi connectivity index (χ2v) is 7.26. The summed E-state index contributed by atoms with van der Waals surface area (Å²) in [6, 6.07) is 8.31. The summed E-state index contributed by atoms with van der Waals surface area (Å²) in [4.78, 5) is 0. The third kappa shape index (κ3) is 4.63. The van der Waals surface area contributed by atoms with E-state index in [1.165, 1.54) is 5.70 Å². The largest absolute Gasteiger partial charge is 0.496 e. The highest BCUT2D eigenvalue weighted by Crippen LogP contribution is 2.26. The van der Waals surface area contributed by atoms with Crippen molar-refractivity contribution in [3.8, 4) is 5.75 Å². The maximum absolute atomic E-state index is 5.48.